The zero-order valence-electron chi connectivity index (χ0n) is 17.8. The lowest BCUT2D eigenvalue weighted by Crippen LogP contribution is -2.37. The summed E-state index contributed by atoms with van der Waals surface area (Å²) < 4.78 is 11.6. The minimum absolute atomic E-state index is 0. The molecule has 6 nitrogen and oxygen atoms in total. The topological polar surface area (TPSA) is 66.9 Å². The number of nitrogens with one attached hydrogen (secondary N) is 3. The molecule has 3 N–H and O–H groups in total. The van der Waals surface area contributed by atoms with Crippen molar-refractivity contribution in [3.63, 3.8) is 0 Å². The van der Waals surface area contributed by atoms with Crippen LogP contribution in [0.4, 0.5) is 5.69 Å². The van der Waals surface area contributed by atoms with Crippen molar-refractivity contribution in [2.75, 3.05) is 38.7 Å². The summed E-state index contributed by atoms with van der Waals surface area (Å²) in [5, 5.41) is 10.2. The summed E-state index contributed by atoms with van der Waals surface area (Å²) >= 11 is 0. The molecule has 0 aliphatic carbocycles. The fourth-order valence-corrected chi connectivity index (χ4v) is 3.19. The van der Waals surface area contributed by atoms with E-state index in [1.165, 1.54) is 5.56 Å². The average molecular weight is 524 g/mol. The van der Waals surface area contributed by atoms with Crippen LogP contribution >= 0.6 is 24.0 Å². The van der Waals surface area contributed by atoms with Gasteiger partial charge in [-0.2, -0.15) is 0 Å². The van der Waals surface area contributed by atoms with Gasteiger partial charge in [-0.25, -0.2) is 0 Å². The molecule has 2 aromatic rings. The number of anilines is 1. The number of hydrogen-bond donors (Lipinski definition) is 3. The minimum Gasteiger partial charge on any atom is -0.488 e. The maximum atomic E-state index is 6.17. The molecule has 164 valence electrons. The Balaban J connectivity index is 0.00000320. The highest BCUT2D eigenvalue weighted by Gasteiger charge is 2.18. The SMILES string of the molecule is CN=C(NCCCNc1ccccc1)NCc1ccc(C)cc1OC1CCOC1.I. The van der Waals surface area contributed by atoms with Crippen molar-refractivity contribution >= 4 is 35.6 Å². The molecule has 3 rings (SSSR count). The molecule has 30 heavy (non-hydrogen) atoms. The molecule has 0 bridgehead atoms. The highest BCUT2D eigenvalue weighted by molar-refractivity contribution is 14.0. The maximum Gasteiger partial charge on any atom is 0.191 e. The van der Waals surface area contributed by atoms with Gasteiger partial charge < -0.3 is 25.4 Å². The van der Waals surface area contributed by atoms with Crippen molar-refractivity contribution in [2.45, 2.75) is 32.4 Å². The Bertz CT molecular complexity index is 780. The highest BCUT2D eigenvalue weighted by Crippen LogP contribution is 2.23. The van der Waals surface area contributed by atoms with Gasteiger partial charge in [0.25, 0.3) is 0 Å². The van der Waals surface area contributed by atoms with Crippen molar-refractivity contribution in [2.24, 2.45) is 4.99 Å². The van der Waals surface area contributed by atoms with Crippen molar-refractivity contribution in [3.8, 4) is 5.75 Å². The lowest BCUT2D eigenvalue weighted by molar-refractivity contribution is 0.140. The van der Waals surface area contributed by atoms with Gasteiger partial charge in [-0.15, -0.1) is 24.0 Å². The number of nitrogens with zero attached hydrogens (tertiary/aromatic N) is 1. The zero-order chi connectivity index (χ0) is 20.3. The van der Waals surface area contributed by atoms with E-state index in [0.717, 1.165) is 55.5 Å². The van der Waals surface area contributed by atoms with Crippen molar-refractivity contribution in [3.05, 3.63) is 59.7 Å². The van der Waals surface area contributed by atoms with Gasteiger partial charge in [-0.05, 0) is 37.1 Å². The molecule has 1 atom stereocenters. The van der Waals surface area contributed by atoms with Gasteiger partial charge in [-0.3, -0.25) is 4.99 Å². The fourth-order valence-electron chi connectivity index (χ4n) is 3.19. The van der Waals surface area contributed by atoms with Crippen LogP contribution in [-0.2, 0) is 11.3 Å². The number of para-hydroxylation sites is 1. The van der Waals surface area contributed by atoms with Crippen LogP contribution in [0.1, 0.15) is 24.0 Å². The van der Waals surface area contributed by atoms with Gasteiger partial charge in [0.05, 0.1) is 13.2 Å². The Morgan fingerprint density at radius 2 is 1.97 bits per heavy atom. The number of guanidine groups is 1. The Morgan fingerprint density at radius 1 is 1.13 bits per heavy atom. The summed E-state index contributed by atoms with van der Waals surface area (Å²) in [6.07, 6.45) is 2.09. The molecule has 1 unspecified atom stereocenters. The molecule has 0 saturated carbocycles. The van der Waals surface area contributed by atoms with E-state index in [4.69, 9.17) is 9.47 Å². The smallest absolute Gasteiger partial charge is 0.191 e. The first-order valence-electron chi connectivity index (χ1n) is 10.3. The first kappa shape index (κ1) is 24.3. The lowest BCUT2D eigenvalue weighted by atomic mass is 10.1. The normalized spacial score (nSPS) is 15.9. The van der Waals surface area contributed by atoms with E-state index in [0.29, 0.717) is 13.2 Å². The van der Waals surface area contributed by atoms with E-state index in [9.17, 15) is 0 Å². The third-order valence-electron chi connectivity index (χ3n) is 4.82. The zero-order valence-corrected chi connectivity index (χ0v) is 20.1. The molecular weight excluding hydrogens is 491 g/mol. The van der Waals surface area contributed by atoms with E-state index in [2.05, 4.69) is 58.2 Å². The molecule has 1 aliphatic rings. The van der Waals surface area contributed by atoms with Gasteiger partial charge in [-0.1, -0.05) is 30.3 Å². The number of aliphatic imine (C=N–C) groups is 1. The van der Waals surface area contributed by atoms with Crippen LogP contribution in [-0.4, -0.2) is 45.4 Å². The van der Waals surface area contributed by atoms with Crippen LogP contribution in [0.25, 0.3) is 0 Å². The molecular formula is C23H33IN4O2. The number of ether oxygens (including phenoxy) is 2. The molecule has 1 heterocycles. The van der Waals surface area contributed by atoms with E-state index in [1.807, 2.05) is 18.2 Å². The first-order chi connectivity index (χ1) is 14.2. The second-order valence-electron chi connectivity index (χ2n) is 7.21. The minimum atomic E-state index is 0. The molecule has 0 spiro atoms. The van der Waals surface area contributed by atoms with Crippen LogP contribution in [0.5, 0.6) is 5.75 Å². The number of halogens is 1. The second-order valence-corrected chi connectivity index (χ2v) is 7.21. The third kappa shape index (κ3) is 8.02. The van der Waals surface area contributed by atoms with E-state index >= 15 is 0 Å². The van der Waals surface area contributed by atoms with Crippen LogP contribution in [0.3, 0.4) is 0 Å². The monoisotopic (exact) mass is 524 g/mol. The molecule has 7 heteroatoms. The number of rotatable bonds is 9. The van der Waals surface area contributed by atoms with Crippen molar-refractivity contribution in [1.29, 1.82) is 0 Å². The quantitative estimate of drug-likeness (QED) is 0.201. The molecule has 0 aromatic heterocycles. The van der Waals surface area contributed by atoms with Crippen LogP contribution in [0, 0.1) is 6.92 Å². The van der Waals surface area contributed by atoms with E-state index in [-0.39, 0.29) is 30.1 Å². The van der Waals surface area contributed by atoms with Crippen LogP contribution in [0.15, 0.2) is 53.5 Å². The maximum absolute atomic E-state index is 6.17. The third-order valence-corrected chi connectivity index (χ3v) is 4.82. The predicted molar refractivity (Wildman–Crippen MR) is 134 cm³/mol. The highest BCUT2D eigenvalue weighted by atomic mass is 127. The Morgan fingerprint density at radius 3 is 2.70 bits per heavy atom. The number of aryl methyl sites for hydroxylation is 1. The predicted octanol–water partition coefficient (Wildman–Crippen LogP) is 3.95. The summed E-state index contributed by atoms with van der Waals surface area (Å²) in [5.41, 5.74) is 3.46. The van der Waals surface area contributed by atoms with Gasteiger partial charge in [0.2, 0.25) is 0 Å². The number of hydrogen-bond acceptors (Lipinski definition) is 4. The fraction of sp³-hybridized carbons (Fsp3) is 0.435. The Hall–Kier alpha value is -2.00. The molecule has 1 aliphatic heterocycles. The summed E-state index contributed by atoms with van der Waals surface area (Å²) in [6.45, 7) is 5.94. The molecule has 0 amide bonds. The van der Waals surface area contributed by atoms with Gasteiger partial charge in [0.1, 0.15) is 11.9 Å². The first-order valence-corrected chi connectivity index (χ1v) is 10.3. The summed E-state index contributed by atoms with van der Waals surface area (Å²) in [4.78, 5) is 4.32. The van der Waals surface area contributed by atoms with Crippen molar-refractivity contribution in [1.82, 2.24) is 10.6 Å². The molecule has 1 saturated heterocycles. The second kappa shape index (κ2) is 13.3. The van der Waals surface area contributed by atoms with Gasteiger partial charge in [0, 0.05) is 44.4 Å². The van der Waals surface area contributed by atoms with Gasteiger partial charge in [0.15, 0.2) is 5.96 Å². The molecule has 2 aromatic carbocycles. The van der Waals surface area contributed by atoms with E-state index in [1.54, 1.807) is 7.05 Å². The largest absolute Gasteiger partial charge is 0.488 e. The standard InChI is InChI=1S/C23H32N4O2.HI/c1-18-9-10-19(22(15-18)29-21-11-14-28-17-21)16-27-23(24-2)26-13-6-12-25-20-7-4-3-5-8-20;/h3-5,7-10,15,21,25H,6,11-14,16-17H2,1-2H3,(H2,24,26,27);1H. The van der Waals surface area contributed by atoms with Crippen LogP contribution < -0.4 is 20.7 Å². The molecule has 0 radical (unpaired) electrons. The van der Waals surface area contributed by atoms with Gasteiger partial charge >= 0.3 is 0 Å². The van der Waals surface area contributed by atoms with Crippen molar-refractivity contribution < 1.29 is 9.47 Å². The Kier molecular flexibility index (Phi) is 10.8. The lowest BCUT2D eigenvalue weighted by Gasteiger charge is -2.18. The number of benzene rings is 2. The summed E-state index contributed by atoms with van der Waals surface area (Å²) in [6, 6.07) is 16.6. The molecule has 1 fully saturated rings. The van der Waals surface area contributed by atoms with Crippen LogP contribution in [0.2, 0.25) is 0 Å². The Labute approximate surface area is 196 Å². The summed E-state index contributed by atoms with van der Waals surface area (Å²) in [5.74, 6) is 1.72. The average Bonchev–Trinajstić information content (AvgIpc) is 3.25. The summed E-state index contributed by atoms with van der Waals surface area (Å²) in [7, 11) is 1.79. The van der Waals surface area contributed by atoms with E-state index < -0.39 is 0 Å².